The Morgan fingerprint density at radius 2 is 2.25 bits per heavy atom. The second-order valence-corrected chi connectivity index (χ2v) is 7.69. The molecule has 0 saturated carbocycles. The average Bonchev–Trinajstić information content (AvgIpc) is 3.19. The Balaban J connectivity index is 1.40. The molecule has 3 heterocycles. The third kappa shape index (κ3) is 3.88. The van der Waals surface area contributed by atoms with Gasteiger partial charge in [0.2, 0.25) is 5.91 Å². The zero-order valence-electron chi connectivity index (χ0n) is 15.5. The molecule has 28 heavy (non-hydrogen) atoms. The van der Waals surface area contributed by atoms with Gasteiger partial charge in [-0.05, 0) is 24.1 Å². The zero-order valence-corrected chi connectivity index (χ0v) is 16.3. The van der Waals surface area contributed by atoms with Gasteiger partial charge in [-0.25, -0.2) is 4.98 Å². The highest BCUT2D eigenvalue weighted by atomic mass is 32.1. The van der Waals surface area contributed by atoms with Gasteiger partial charge in [0.15, 0.2) is 0 Å². The molecule has 0 radical (unpaired) electrons. The van der Waals surface area contributed by atoms with Crippen LogP contribution in [0.4, 0.5) is 0 Å². The molecule has 0 spiro atoms. The maximum atomic E-state index is 12.9. The number of methoxy groups -OCH3 is 1. The second-order valence-electron chi connectivity index (χ2n) is 6.83. The predicted octanol–water partition coefficient (Wildman–Crippen LogP) is 2.06. The standard InChI is InChI=1S/C20H21N5O2S/c1-27-16-4-2-3-14(7-16)8-20(12-22-13-20)19(26)24-9-15-11-28-18(25-15)17-10-21-5-6-23-17/h2-7,10-11,22H,8-9,12-13H2,1H3,(H,24,26). The van der Waals surface area contributed by atoms with Crippen LogP contribution in [0.5, 0.6) is 5.75 Å². The lowest BCUT2D eigenvalue weighted by atomic mass is 9.75. The number of nitrogens with one attached hydrogen (secondary N) is 2. The molecule has 1 aliphatic heterocycles. The molecule has 2 aromatic heterocycles. The summed E-state index contributed by atoms with van der Waals surface area (Å²) >= 11 is 1.50. The molecule has 1 aliphatic rings. The first kappa shape index (κ1) is 18.5. The first-order chi connectivity index (χ1) is 13.7. The van der Waals surface area contributed by atoms with E-state index in [-0.39, 0.29) is 5.91 Å². The number of hydrogen-bond acceptors (Lipinski definition) is 7. The summed E-state index contributed by atoms with van der Waals surface area (Å²) in [5, 5.41) is 9.03. The van der Waals surface area contributed by atoms with Crippen molar-refractivity contribution in [1.29, 1.82) is 0 Å². The van der Waals surface area contributed by atoms with Crippen LogP contribution in [0.2, 0.25) is 0 Å². The van der Waals surface area contributed by atoms with Crippen molar-refractivity contribution in [2.45, 2.75) is 13.0 Å². The van der Waals surface area contributed by atoms with Gasteiger partial charge < -0.3 is 15.4 Å². The number of benzene rings is 1. The van der Waals surface area contributed by atoms with Crippen molar-refractivity contribution in [2.75, 3.05) is 20.2 Å². The van der Waals surface area contributed by atoms with Crippen molar-refractivity contribution < 1.29 is 9.53 Å². The molecule has 0 bridgehead atoms. The Morgan fingerprint density at radius 1 is 1.36 bits per heavy atom. The van der Waals surface area contributed by atoms with E-state index in [1.807, 2.05) is 29.6 Å². The molecule has 4 rings (SSSR count). The van der Waals surface area contributed by atoms with Gasteiger partial charge in [0.1, 0.15) is 16.5 Å². The summed E-state index contributed by atoms with van der Waals surface area (Å²) in [5.41, 5.74) is 2.22. The summed E-state index contributed by atoms with van der Waals surface area (Å²) in [6.45, 7) is 1.73. The van der Waals surface area contributed by atoms with E-state index in [2.05, 4.69) is 25.6 Å². The molecule has 0 unspecified atom stereocenters. The van der Waals surface area contributed by atoms with Gasteiger partial charge in [0.25, 0.3) is 0 Å². The molecule has 144 valence electrons. The van der Waals surface area contributed by atoms with E-state index in [1.54, 1.807) is 25.7 Å². The van der Waals surface area contributed by atoms with Gasteiger partial charge in [0, 0.05) is 30.9 Å². The fraction of sp³-hybridized carbons (Fsp3) is 0.300. The Hall–Kier alpha value is -2.84. The van der Waals surface area contributed by atoms with E-state index >= 15 is 0 Å². The van der Waals surface area contributed by atoms with Gasteiger partial charge in [-0.2, -0.15) is 0 Å². The molecule has 1 saturated heterocycles. The second kappa shape index (κ2) is 8.04. The smallest absolute Gasteiger partial charge is 0.229 e. The minimum atomic E-state index is -0.434. The number of thiazole rings is 1. The van der Waals surface area contributed by atoms with Crippen molar-refractivity contribution in [1.82, 2.24) is 25.6 Å². The van der Waals surface area contributed by atoms with Crippen LogP contribution in [0, 0.1) is 5.41 Å². The monoisotopic (exact) mass is 395 g/mol. The molecule has 0 atom stereocenters. The highest BCUT2D eigenvalue weighted by molar-refractivity contribution is 7.13. The molecule has 0 aliphatic carbocycles. The summed E-state index contributed by atoms with van der Waals surface area (Å²) in [5.74, 6) is 0.850. The van der Waals surface area contributed by atoms with Gasteiger partial charge in [-0.1, -0.05) is 12.1 Å². The highest BCUT2D eigenvalue weighted by Gasteiger charge is 2.44. The van der Waals surface area contributed by atoms with E-state index in [0.29, 0.717) is 26.1 Å². The number of nitrogens with zero attached hydrogens (tertiary/aromatic N) is 3. The van der Waals surface area contributed by atoms with Crippen molar-refractivity contribution in [3.8, 4) is 16.5 Å². The predicted molar refractivity (Wildman–Crippen MR) is 107 cm³/mol. The van der Waals surface area contributed by atoms with Crippen molar-refractivity contribution >= 4 is 17.2 Å². The van der Waals surface area contributed by atoms with Crippen LogP contribution in [0.1, 0.15) is 11.3 Å². The lowest BCUT2D eigenvalue weighted by molar-refractivity contribution is -0.134. The van der Waals surface area contributed by atoms with E-state index in [0.717, 1.165) is 27.7 Å². The lowest BCUT2D eigenvalue weighted by Gasteiger charge is -2.41. The fourth-order valence-corrected chi connectivity index (χ4v) is 4.02. The first-order valence-corrected chi connectivity index (χ1v) is 9.89. The number of amides is 1. The van der Waals surface area contributed by atoms with Crippen LogP contribution in [-0.2, 0) is 17.8 Å². The highest BCUT2D eigenvalue weighted by Crippen LogP contribution is 2.30. The van der Waals surface area contributed by atoms with Crippen LogP contribution in [0.15, 0.2) is 48.2 Å². The van der Waals surface area contributed by atoms with Crippen LogP contribution >= 0.6 is 11.3 Å². The third-order valence-corrected chi connectivity index (χ3v) is 5.76. The summed E-state index contributed by atoms with van der Waals surface area (Å²) in [6.07, 6.45) is 5.63. The summed E-state index contributed by atoms with van der Waals surface area (Å²) < 4.78 is 5.29. The molecular weight excluding hydrogens is 374 g/mol. The van der Waals surface area contributed by atoms with Crippen LogP contribution in [-0.4, -0.2) is 41.1 Å². The molecule has 1 aromatic carbocycles. The number of aromatic nitrogens is 3. The van der Waals surface area contributed by atoms with E-state index in [9.17, 15) is 4.79 Å². The fourth-order valence-electron chi connectivity index (χ4n) is 3.24. The van der Waals surface area contributed by atoms with Crippen LogP contribution < -0.4 is 15.4 Å². The molecule has 1 amide bonds. The van der Waals surface area contributed by atoms with Crippen LogP contribution in [0.25, 0.3) is 10.7 Å². The SMILES string of the molecule is COc1cccc(CC2(C(=O)NCc3csc(-c4cnccn4)n3)CNC2)c1. The topological polar surface area (TPSA) is 89.0 Å². The summed E-state index contributed by atoms with van der Waals surface area (Å²) in [4.78, 5) is 25.8. The van der Waals surface area contributed by atoms with Crippen molar-refractivity contribution in [3.05, 3.63) is 59.5 Å². The number of carbonyl (C=O) groups is 1. The lowest BCUT2D eigenvalue weighted by Crippen LogP contribution is -2.62. The maximum Gasteiger partial charge on any atom is 0.229 e. The van der Waals surface area contributed by atoms with Gasteiger partial charge in [-0.15, -0.1) is 11.3 Å². The largest absolute Gasteiger partial charge is 0.497 e. The molecule has 3 aromatic rings. The summed E-state index contributed by atoms with van der Waals surface area (Å²) in [7, 11) is 1.65. The van der Waals surface area contributed by atoms with E-state index < -0.39 is 5.41 Å². The number of rotatable bonds is 7. The number of carbonyl (C=O) groups excluding carboxylic acids is 1. The van der Waals surface area contributed by atoms with E-state index in [4.69, 9.17) is 4.74 Å². The van der Waals surface area contributed by atoms with Gasteiger partial charge in [0.05, 0.1) is 31.0 Å². The maximum absolute atomic E-state index is 12.9. The Bertz CT molecular complexity index is 956. The third-order valence-electron chi connectivity index (χ3n) is 4.85. The minimum Gasteiger partial charge on any atom is -0.497 e. The Morgan fingerprint density at radius 3 is 2.96 bits per heavy atom. The van der Waals surface area contributed by atoms with Crippen molar-refractivity contribution in [3.63, 3.8) is 0 Å². The van der Waals surface area contributed by atoms with E-state index in [1.165, 1.54) is 11.3 Å². The molecule has 8 heteroatoms. The summed E-state index contributed by atoms with van der Waals surface area (Å²) in [6, 6.07) is 7.88. The van der Waals surface area contributed by atoms with Crippen LogP contribution in [0.3, 0.4) is 0 Å². The molecule has 7 nitrogen and oxygen atoms in total. The number of hydrogen-bond donors (Lipinski definition) is 2. The molecular formula is C20H21N5O2S. The molecule has 2 N–H and O–H groups in total. The van der Waals surface area contributed by atoms with Gasteiger partial charge >= 0.3 is 0 Å². The Kier molecular flexibility index (Phi) is 5.31. The normalized spacial score (nSPS) is 14.9. The first-order valence-electron chi connectivity index (χ1n) is 9.01. The minimum absolute atomic E-state index is 0.0446. The number of ether oxygens (including phenoxy) is 1. The van der Waals surface area contributed by atoms with Crippen molar-refractivity contribution in [2.24, 2.45) is 5.41 Å². The molecule has 1 fully saturated rings. The zero-order chi connectivity index (χ0) is 19.4. The Labute approximate surface area is 167 Å². The average molecular weight is 395 g/mol. The van der Waals surface area contributed by atoms with Gasteiger partial charge in [-0.3, -0.25) is 14.8 Å². The quantitative estimate of drug-likeness (QED) is 0.637.